The van der Waals surface area contributed by atoms with Gasteiger partial charge in [0.05, 0.1) is 0 Å². The van der Waals surface area contributed by atoms with E-state index in [-0.39, 0.29) is 6.61 Å². The second-order valence-electron chi connectivity index (χ2n) is 5.89. The second-order valence-corrected chi connectivity index (χ2v) is 5.89. The number of esters is 1. The number of amides is 1. The Morgan fingerprint density at radius 1 is 1.15 bits per heavy atom. The first-order valence-electron chi connectivity index (χ1n) is 8.08. The molecule has 0 fully saturated rings. The highest BCUT2D eigenvalue weighted by Crippen LogP contribution is 2.15. The first-order valence-corrected chi connectivity index (χ1v) is 8.08. The SMILES string of the molecule is Cc1cc(C)cc(NC(=O)COC(=O)/C=C/c2nc3ccccc3o2)c1. The zero-order valence-corrected chi connectivity index (χ0v) is 14.5. The number of anilines is 1. The number of nitrogens with one attached hydrogen (secondary N) is 1. The van der Waals surface area contributed by atoms with Crippen LogP contribution in [0.3, 0.4) is 0 Å². The van der Waals surface area contributed by atoms with Crippen molar-refractivity contribution >= 4 is 34.7 Å². The molecule has 0 saturated heterocycles. The molecule has 0 aliphatic rings. The van der Waals surface area contributed by atoms with Crippen molar-refractivity contribution in [1.82, 2.24) is 4.98 Å². The van der Waals surface area contributed by atoms with Crippen LogP contribution in [0.1, 0.15) is 17.0 Å². The van der Waals surface area contributed by atoms with Gasteiger partial charge in [0.15, 0.2) is 12.2 Å². The molecule has 1 amide bonds. The molecule has 1 heterocycles. The number of hydrogen-bond acceptors (Lipinski definition) is 5. The van der Waals surface area contributed by atoms with E-state index in [1.54, 1.807) is 6.07 Å². The highest BCUT2D eigenvalue weighted by atomic mass is 16.5. The first kappa shape index (κ1) is 17.4. The van der Waals surface area contributed by atoms with E-state index >= 15 is 0 Å². The normalized spacial score (nSPS) is 11.0. The van der Waals surface area contributed by atoms with Gasteiger partial charge in [0.2, 0.25) is 5.89 Å². The lowest BCUT2D eigenvalue weighted by Gasteiger charge is -2.07. The van der Waals surface area contributed by atoms with Gasteiger partial charge >= 0.3 is 5.97 Å². The number of fused-ring (bicyclic) bond motifs is 1. The van der Waals surface area contributed by atoms with E-state index in [1.165, 1.54) is 12.2 Å². The van der Waals surface area contributed by atoms with E-state index in [0.717, 1.165) is 11.1 Å². The van der Waals surface area contributed by atoms with Crippen LogP contribution < -0.4 is 5.32 Å². The van der Waals surface area contributed by atoms with Crippen LogP contribution >= 0.6 is 0 Å². The molecular weight excluding hydrogens is 332 g/mol. The largest absolute Gasteiger partial charge is 0.452 e. The van der Waals surface area contributed by atoms with Crippen molar-refractivity contribution in [3.63, 3.8) is 0 Å². The number of ether oxygens (including phenoxy) is 1. The summed E-state index contributed by atoms with van der Waals surface area (Å²) in [7, 11) is 0. The van der Waals surface area contributed by atoms with Gasteiger partial charge in [-0.15, -0.1) is 0 Å². The predicted octanol–water partition coefficient (Wildman–Crippen LogP) is 3.64. The second kappa shape index (κ2) is 7.65. The van der Waals surface area contributed by atoms with Gasteiger partial charge in [0.25, 0.3) is 5.91 Å². The van der Waals surface area contributed by atoms with Gasteiger partial charge in [-0.25, -0.2) is 9.78 Å². The molecule has 132 valence electrons. The van der Waals surface area contributed by atoms with Crippen molar-refractivity contribution in [3.05, 3.63) is 65.6 Å². The maximum absolute atomic E-state index is 11.9. The summed E-state index contributed by atoms with van der Waals surface area (Å²) in [5.74, 6) is -0.760. The van der Waals surface area contributed by atoms with Gasteiger partial charge in [-0.2, -0.15) is 0 Å². The Bertz CT molecular complexity index is 935. The lowest BCUT2D eigenvalue weighted by Crippen LogP contribution is -2.20. The summed E-state index contributed by atoms with van der Waals surface area (Å²) >= 11 is 0. The molecule has 0 atom stereocenters. The van der Waals surface area contributed by atoms with Crippen LogP contribution in [-0.4, -0.2) is 23.5 Å². The van der Waals surface area contributed by atoms with Crippen molar-refractivity contribution in [2.24, 2.45) is 0 Å². The molecule has 6 heteroatoms. The molecule has 26 heavy (non-hydrogen) atoms. The Morgan fingerprint density at radius 2 is 1.88 bits per heavy atom. The summed E-state index contributed by atoms with van der Waals surface area (Å²) in [5, 5.41) is 2.70. The number of benzene rings is 2. The van der Waals surface area contributed by atoms with Crippen LogP contribution in [0.4, 0.5) is 5.69 Å². The number of rotatable bonds is 5. The predicted molar refractivity (Wildman–Crippen MR) is 98.5 cm³/mol. The Morgan fingerprint density at radius 3 is 2.62 bits per heavy atom. The summed E-state index contributed by atoms with van der Waals surface area (Å²) in [6.45, 7) is 3.52. The van der Waals surface area contributed by atoms with Crippen LogP contribution in [0.2, 0.25) is 0 Å². The van der Waals surface area contributed by atoms with Gasteiger partial charge in [-0.3, -0.25) is 4.79 Å². The summed E-state index contributed by atoms with van der Waals surface area (Å²) in [6, 6.07) is 13.0. The van der Waals surface area contributed by atoms with E-state index in [1.807, 2.05) is 50.2 Å². The Labute approximate surface area is 150 Å². The molecule has 6 nitrogen and oxygen atoms in total. The summed E-state index contributed by atoms with van der Waals surface area (Å²) < 4.78 is 10.4. The number of carbonyl (C=O) groups excluding carboxylic acids is 2. The molecule has 2 aromatic carbocycles. The molecule has 0 aliphatic heterocycles. The maximum atomic E-state index is 11.9. The highest BCUT2D eigenvalue weighted by molar-refractivity contribution is 5.94. The van der Waals surface area contributed by atoms with Crippen LogP contribution in [0.25, 0.3) is 17.2 Å². The van der Waals surface area contributed by atoms with E-state index in [0.29, 0.717) is 22.7 Å². The van der Waals surface area contributed by atoms with Crippen molar-refractivity contribution < 1.29 is 18.7 Å². The minimum Gasteiger partial charge on any atom is -0.452 e. The smallest absolute Gasteiger partial charge is 0.331 e. The van der Waals surface area contributed by atoms with E-state index in [9.17, 15) is 9.59 Å². The van der Waals surface area contributed by atoms with Crippen LogP contribution in [0, 0.1) is 13.8 Å². The van der Waals surface area contributed by atoms with Gasteiger partial charge < -0.3 is 14.5 Å². The fourth-order valence-electron chi connectivity index (χ4n) is 2.53. The maximum Gasteiger partial charge on any atom is 0.331 e. The number of para-hydroxylation sites is 2. The quantitative estimate of drug-likeness (QED) is 0.561. The number of nitrogens with zero attached hydrogens (tertiary/aromatic N) is 1. The molecule has 0 spiro atoms. The third-order valence-corrected chi connectivity index (χ3v) is 3.52. The van der Waals surface area contributed by atoms with Crippen LogP contribution in [0.15, 0.2) is 53.0 Å². The molecule has 0 radical (unpaired) electrons. The number of carbonyl (C=O) groups is 2. The van der Waals surface area contributed by atoms with Gasteiger partial charge in [-0.05, 0) is 49.2 Å². The molecular formula is C20H18N2O4. The van der Waals surface area contributed by atoms with E-state index in [2.05, 4.69) is 10.3 Å². The number of hydrogen-bond donors (Lipinski definition) is 1. The average molecular weight is 350 g/mol. The molecule has 3 rings (SSSR count). The molecule has 0 unspecified atom stereocenters. The highest BCUT2D eigenvalue weighted by Gasteiger charge is 2.07. The molecule has 1 aromatic heterocycles. The van der Waals surface area contributed by atoms with Crippen molar-refractivity contribution in [3.8, 4) is 0 Å². The lowest BCUT2D eigenvalue weighted by atomic mass is 10.1. The monoisotopic (exact) mass is 350 g/mol. The standard InChI is InChI=1S/C20H18N2O4/c1-13-9-14(2)11-15(10-13)21-18(23)12-25-20(24)8-7-19-22-16-5-3-4-6-17(16)26-19/h3-11H,12H2,1-2H3,(H,21,23)/b8-7+. The fraction of sp³-hybridized carbons (Fsp3) is 0.150. The third kappa shape index (κ3) is 4.57. The van der Waals surface area contributed by atoms with Gasteiger partial charge in [0, 0.05) is 17.8 Å². The topological polar surface area (TPSA) is 81.4 Å². The zero-order chi connectivity index (χ0) is 18.5. The van der Waals surface area contributed by atoms with Crippen molar-refractivity contribution in [1.29, 1.82) is 0 Å². The molecule has 0 bridgehead atoms. The fourth-order valence-corrected chi connectivity index (χ4v) is 2.53. The van der Waals surface area contributed by atoms with E-state index in [4.69, 9.17) is 9.15 Å². The van der Waals surface area contributed by atoms with Crippen LogP contribution in [-0.2, 0) is 14.3 Å². The Balaban J connectivity index is 1.52. The molecule has 0 saturated carbocycles. The summed E-state index contributed by atoms with van der Waals surface area (Å²) in [5.41, 5.74) is 4.09. The van der Waals surface area contributed by atoms with Gasteiger partial charge in [0.1, 0.15) is 5.52 Å². The molecule has 0 aliphatic carbocycles. The zero-order valence-electron chi connectivity index (χ0n) is 14.5. The lowest BCUT2D eigenvalue weighted by molar-refractivity contribution is -0.142. The van der Waals surface area contributed by atoms with Crippen molar-refractivity contribution in [2.45, 2.75) is 13.8 Å². The number of aryl methyl sites for hydroxylation is 2. The van der Waals surface area contributed by atoms with E-state index < -0.39 is 11.9 Å². The van der Waals surface area contributed by atoms with Gasteiger partial charge in [-0.1, -0.05) is 18.2 Å². The number of aromatic nitrogens is 1. The summed E-state index contributed by atoms with van der Waals surface area (Å²) in [4.78, 5) is 27.8. The third-order valence-electron chi connectivity index (χ3n) is 3.52. The van der Waals surface area contributed by atoms with Crippen molar-refractivity contribution in [2.75, 3.05) is 11.9 Å². The minimum absolute atomic E-state index is 0.294. The molecule has 1 N–H and O–H groups in total. The summed E-state index contributed by atoms with van der Waals surface area (Å²) in [6.07, 6.45) is 2.58. The average Bonchev–Trinajstić information content (AvgIpc) is 3.00. The number of oxazole rings is 1. The minimum atomic E-state index is -0.650. The van der Waals surface area contributed by atoms with Crippen LogP contribution in [0.5, 0.6) is 0 Å². The first-order chi connectivity index (χ1) is 12.5. The Kier molecular flexibility index (Phi) is 5.12. The Hall–Kier alpha value is -3.41. The molecule has 3 aromatic rings.